The third kappa shape index (κ3) is 4.25. The fourth-order valence-electron chi connectivity index (χ4n) is 1.75. The molecule has 2 aromatic rings. The summed E-state index contributed by atoms with van der Waals surface area (Å²) in [5.74, 6) is 1.65. The standard InChI is InChI=1S/C16H18BrNO2/c1-12(18)13-7-8-16(15(17)11-13)20-10-9-19-14-5-3-2-4-6-14/h2-8,11-12H,9-10,18H2,1H3/t12-/m0/s1. The van der Waals surface area contributed by atoms with E-state index < -0.39 is 0 Å². The minimum Gasteiger partial charge on any atom is -0.490 e. The fourth-order valence-corrected chi connectivity index (χ4v) is 2.26. The molecular formula is C16H18BrNO2. The second-order valence-electron chi connectivity index (χ2n) is 4.49. The summed E-state index contributed by atoms with van der Waals surface area (Å²) in [4.78, 5) is 0. The molecule has 0 aliphatic carbocycles. The van der Waals surface area contributed by atoms with E-state index in [1.807, 2.05) is 55.5 Å². The van der Waals surface area contributed by atoms with Crippen molar-refractivity contribution in [2.24, 2.45) is 5.73 Å². The van der Waals surface area contributed by atoms with Crippen molar-refractivity contribution in [3.63, 3.8) is 0 Å². The maximum absolute atomic E-state index is 5.84. The number of halogens is 1. The topological polar surface area (TPSA) is 44.5 Å². The Morgan fingerprint density at radius 3 is 2.40 bits per heavy atom. The Labute approximate surface area is 127 Å². The molecule has 2 N–H and O–H groups in total. The summed E-state index contributed by atoms with van der Waals surface area (Å²) in [5, 5.41) is 0. The van der Waals surface area contributed by atoms with Crippen molar-refractivity contribution in [1.82, 2.24) is 0 Å². The van der Waals surface area contributed by atoms with Crippen LogP contribution in [-0.2, 0) is 0 Å². The molecule has 0 unspecified atom stereocenters. The Bertz CT molecular complexity index is 543. The Morgan fingerprint density at radius 2 is 1.75 bits per heavy atom. The SMILES string of the molecule is C[C@H](N)c1ccc(OCCOc2ccccc2)c(Br)c1. The second kappa shape index (κ2) is 7.31. The van der Waals surface area contributed by atoms with Crippen LogP contribution < -0.4 is 15.2 Å². The van der Waals surface area contributed by atoms with Crippen LogP contribution >= 0.6 is 15.9 Å². The molecule has 0 fully saturated rings. The molecule has 20 heavy (non-hydrogen) atoms. The molecule has 0 saturated carbocycles. The summed E-state index contributed by atoms with van der Waals surface area (Å²) in [6.45, 7) is 2.95. The molecule has 0 amide bonds. The van der Waals surface area contributed by atoms with Crippen LogP contribution in [0, 0.1) is 0 Å². The van der Waals surface area contributed by atoms with Crippen molar-refractivity contribution in [2.45, 2.75) is 13.0 Å². The van der Waals surface area contributed by atoms with Crippen molar-refractivity contribution in [3.8, 4) is 11.5 Å². The van der Waals surface area contributed by atoms with Gasteiger partial charge in [0.1, 0.15) is 24.7 Å². The van der Waals surface area contributed by atoms with Crippen LogP contribution in [0.5, 0.6) is 11.5 Å². The lowest BCUT2D eigenvalue weighted by Crippen LogP contribution is -2.10. The predicted octanol–water partition coefficient (Wildman–Crippen LogP) is 3.93. The van der Waals surface area contributed by atoms with Gasteiger partial charge in [-0.3, -0.25) is 0 Å². The molecule has 0 aromatic heterocycles. The fraction of sp³-hybridized carbons (Fsp3) is 0.250. The van der Waals surface area contributed by atoms with Crippen molar-refractivity contribution in [2.75, 3.05) is 13.2 Å². The van der Waals surface area contributed by atoms with Gasteiger partial charge in [0.15, 0.2) is 0 Å². The molecule has 106 valence electrons. The van der Waals surface area contributed by atoms with Crippen LogP contribution in [0.3, 0.4) is 0 Å². The minimum absolute atomic E-state index is 0.0155. The van der Waals surface area contributed by atoms with E-state index in [2.05, 4.69) is 15.9 Å². The summed E-state index contributed by atoms with van der Waals surface area (Å²) < 4.78 is 12.2. The summed E-state index contributed by atoms with van der Waals surface area (Å²) >= 11 is 3.49. The van der Waals surface area contributed by atoms with Gasteiger partial charge in [0, 0.05) is 6.04 Å². The summed E-state index contributed by atoms with van der Waals surface area (Å²) in [6.07, 6.45) is 0. The zero-order chi connectivity index (χ0) is 14.4. The molecule has 0 radical (unpaired) electrons. The maximum Gasteiger partial charge on any atom is 0.133 e. The summed E-state index contributed by atoms with van der Waals surface area (Å²) in [7, 11) is 0. The molecular weight excluding hydrogens is 318 g/mol. The van der Waals surface area contributed by atoms with Crippen LogP contribution in [0.25, 0.3) is 0 Å². The third-order valence-electron chi connectivity index (χ3n) is 2.83. The minimum atomic E-state index is 0.0155. The molecule has 2 aromatic carbocycles. The van der Waals surface area contributed by atoms with E-state index in [9.17, 15) is 0 Å². The van der Waals surface area contributed by atoms with E-state index in [4.69, 9.17) is 15.2 Å². The van der Waals surface area contributed by atoms with Crippen molar-refractivity contribution in [1.29, 1.82) is 0 Å². The van der Waals surface area contributed by atoms with E-state index in [-0.39, 0.29) is 6.04 Å². The van der Waals surface area contributed by atoms with E-state index in [1.165, 1.54) is 0 Å². The number of ether oxygens (including phenoxy) is 2. The number of hydrogen-bond acceptors (Lipinski definition) is 3. The van der Waals surface area contributed by atoms with Gasteiger partial charge in [0.25, 0.3) is 0 Å². The smallest absolute Gasteiger partial charge is 0.133 e. The van der Waals surface area contributed by atoms with Crippen molar-refractivity contribution in [3.05, 3.63) is 58.6 Å². The first kappa shape index (κ1) is 14.9. The van der Waals surface area contributed by atoms with Crippen LogP contribution in [0.1, 0.15) is 18.5 Å². The average Bonchev–Trinajstić information content (AvgIpc) is 2.46. The van der Waals surface area contributed by atoms with Gasteiger partial charge in [-0.1, -0.05) is 24.3 Å². The summed E-state index contributed by atoms with van der Waals surface area (Å²) in [6, 6.07) is 15.6. The van der Waals surface area contributed by atoms with Gasteiger partial charge in [0.05, 0.1) is 4.47 Å². The normalized spacial score (nSPS) is 11.9. The molecule has 0 aliphatic rings. The van der Waals surface area contributed by atoms with E-state index >= 15 is 0 Å². The highest BCUT2D eigenvalue weighted by molar-refractivity contribution is 9.10. The molecule has 3 nitrogen and oxygen atoms in total. The third-order valence-corrected chi connectivity index (χ3v) is 3.45. The van der Waals surface area contributed by atoms with E-state index in [1.54, 1.807) is 0 Å². The highest BCUT2D eigenvalue weighted by Crippen LogP contribution is 2.27. The Morgan fingerprint density at radius 1 is 1.05 bits per heavy atom. The molecule has 4 heteroatoms. The number of para-hydroxylation sites is 1. The Balaban J connectivity index is 1.82. The van der Waals surface area contributed by atoms with Crippen LogP contribution in [0.4, 0.5) is 0 Å². The molecule has 0 aliphatic heterocycles. The van der Waals surface area contributed by atoms with Crippen molar-refractivity contribution < 1.29 is 9.47 Å². The van der Waals surface area contributed by atoms with Crippen LogP contribution in [-0.4, -0.2) is 13.2 Å². The number of benzene rings is 2. The van der Waals surface area contributed by atoms with Gasteiger partial charge < -0.3 is 15.2 Å². The quantitative estimate of drug-likeness (QED) is 0.813. The number of rotatable bonds is 6. The molecule has 1 atom stereocenters. The van der Waals surface area contributed by atoms with Crippen LogP contribution in [0.2, 0.25) is 0 Å². The number of nitrogens with two attached hydrogens (primary N) is 1. The largest absolute Gasteiger partial charge is 0.490 e. The highest BCUT2D eigenvalue weighted by atomic mass is 79.9. The first-order valence-electron chi connectivity index (χ1n) is 6.52. The average molecular weight is 336 g/mol. The first-order valence-corrected chi connectivity index (χ1v) is 7.32. The summed E-state index contributed by atoms with van der Waals surface area (Å²) in [5.41, 5.74) is 6.91. The van der Waals surface area contributed by atoms with Gasteiger partial charge in [-0.2, -0.15) is 0 Å². The molecule has 2 rings (SSSR count). The van der Waals surface area contributed by atoms with Gasteiger partial charge >= 0.3 is 0 Å². The lowest BCUT2D eigenvalue weighted by atomic mass is 10.1. The number of hydrogen-bond donors (Lipinski definition) is 1. The van der Waals surface area contributed by atoms with Gasteiger partial charge in [-0.15, -0.1) is 0 Å². The van der Waals surface area contributed by atoms with E-state index in [0.717, 1.165) is 21.5 Å². The van der Waals surface area contributed by atoms with E-state index in [0.29, 0.717) is 13.2 Å². The maximum atomic E-state index is 5.84. The van der Waals surface area contributed by atoms with Crippen LogP contribution in [0.15, 0.2) is 53.0 Å². The van der Waals surface area contributed by atoms with Crippen molar-refractivity contribution >= 4 is 15.9 Å². The van der Waals surface area contributed by atoms with Gasteiger partial charge in [0.2, 0.25) is 0 Å². The first-order chi connectivity index (χ1) is 9.66. The lowest BCUT2D eigenvalue weighted by molar-refractivity contribution is 0.216. The monoisotopic (exact) mass is 335 g/mol. The van der Waals surface area contributed by atoms with Gasteiger partial charge in [-0.05, 0) is 52.7 Å². The lowest BCUT2D eigenvalue weighted by Gasteiger charge is -2.12. The zero-order valence-electron chi connectivity index (χ0n) is 11.4. The Kier molecular flexibility index (Phi) is 5.44. The molecule has 0 heterocycles. The van der Waals surface area contributed by atoms with Gasteiger partial charge in [-0.25, -0.2) is 0 Å². The Hall–Kier alpha value is -1.52. The zero-order valence-corrected chi connectivity index (χ0v) is 13.0. The molecule has 0 spiro atoms. The molecule has 0 saturated heterocycles. The predicted molar refractivity (Wildman–Crippen MR) is 84.2 cm³/mol. The second-order valence-corrected chi connectivity index (χ2v) is 5.34. The molecule has 0 bridgehead atoms. The highest BCUT2D eigenvalue weighted by Gasteiger charge is 2.05.